The zero-order valence-corrected chi connectivity index (χ0v) is 11.8. The molecule has 0 unspecified atom stereocenters. The fourth-order valence-corrected chi connectivity index (χ4v) is 1.85. The van der Waals surface area contributed by atoms with Crippen LogP contribution in [-0.4, -0.2) is 4.98 Å². The Morgan fingerprint density at radius 3 is 2.35 bits per heavy atom. The normalized spacial score (nSPS) is 10.4. The van der Waals surface area contributed by atoms with E-state index in [9.17, 15) is 0 Å². The number of aromatic nitrogens is 1. The van der Waals surface area contributed by atoms with E-state index in [-0.39, 0.29) is 0 Å². The maximum absolute atomic E-state index is 5.76. The Kier molecular flexibility index (Phi) is 3.69. The average molecular weight is 313 g/mol. The molecular weight excluding hydrogens is 302 g/mol. The molecule has 0 N–H and O–H groups in total. The number of aryl methyl sites for hydroxylation is 2. The molecule has 0 aliphatic carbocycles. The predicted molar refractivity (Wildman–Crippen MR) is 72.9 cm³/mol. The van der Waals surface area contributed by atoms with Gasteiger partial charge in [0.15, 0.2) is 0 Å². The van der Waals surface area contributed by atoms with Crippen LogP contribution in [0.25, 0.3) is 0 Å². The molecule has 17 heavy (non-hydrogen) atoms. The van der Waals surface area contributed by atoms with E-state index in [0.29, 0.717) is 10.9 Å². The number of benzene rings is 1. The summed E-state index contributed by atoms with van der Waals surface area (Å²) in [5, 5.41) is 0.598. The Morgan fingerprint density at radius 2 is 1.82 bits per heavy atom. The highest BCUT2D eigenvalue weighted by Gasteiger charge is 2.04. The lowest BCUT2D eigenvalue weighted by molar-refractivity contribution is 0.462. The van der Waals surface area contributed by atoms with E-state index in [1.54, 1.807) is 18.3 Å². The lowest BCUT2D eigenvalue weighted by Crippen LogP contribution is -1.90. The second kappa shape index (κ2) is 5.07. The lowest BCUT2D eigenvalue weighted by atomic mass is 10.1. The zero-order valence-electron chi connectivity index (χ0n) is 9.50. The van der Waals surface area contributed by atoms with Crippen molar-refractivity contribution in [1.82, 2.24) is 4.98 Å². The van der Waals surface area contributed by atoms with Crippen LogP contribution in [0.5, 0.6) is 11.6 Å². The standard InChI is InChI=1S/C13H11BrClNO/c1-8-5-11(6-9(2)13(8)14)17-12-4-3-10(15)7-16-12/h3-7H,1-2H3. The number of hydrogen-bond acceptors (Lipinski definition) is 2. The van der Waals surface area contributed by atoms with Crippen molar-refractivity contribution in [3.8, 4) is 11.6 Å². The summed E-state index contributed by atoms with van der Waals surface area (Å²) < 4.78 is 6.76. The number of nitrogens with zero attached hydrogens (tertiary/aromatic N) is 1. The summed E-state index contributed by atoms with van der Waals surface area (Å²) in [5.41, 5.74) is 2.27. The first kappa shape index (κ1) is 12.4. The molecule has 0 aliphatic rings. The first-order valence-corrected chi connectivity index (χ1v) is 6.29. The summed E-state index contributed by atoms with van der Waals surface area (Å²) in [6, 6.07) is 7.43. The Hall–Kier alpha value is -1.06. The fourth-order valence-electron chi connectivity index (χ4n) is 1.51. The van der Waals surface area contributed by atoms with Gasteiger partial charge in [0.05, 0.1) is 5.02 Å². The van der Waals surface area contributed by atoms with Gasteiger partial charge >= 0.3 is 0 Å². The molecule has 2 rings (SSSR count). The Bertz CT molecular complexity index is 517. The highest BCUT2D eigenvalue weighted by Crippen LogP contribution is 2.28. The minimum Gasteiger partial charge on any atom is -0.439 e. The van der Waals surface area contributed by atoms with E-state index in [0.717, 1.165) is 21.3 Å². The number of halogens is 2. The van der Waals surface area contributed by atoms with Crippen LogP contribution in [0.3, 0.4) is 0 Å². The Morgan fingerprint density at radius 1 is 1.18 bits per heavy atom. The minimum absolute atomic E-state index is 0.538. The molecule has 4 heteroatoms. The molecule has 2 aromatic rings. The Labute approximate surface area is 114 Å². The molecular formula is C13H11BrClNO. The van der Waals surface area contributed by atoms with Crippen molar-refractivity contribution < 1.29 is 4.74 Å². The van der Waals surface area contributed by atoms with Crippen molar-refractivity contribution in [2.45, 2.75) is 13.8 Å². The first-order chi connectivity index (χ1) is 8.06. The monoisotopic (exact) mass is 311 g/mol. The zero-order chi connectivity index (χ0) is 12.4. The van der Waals surface area contributed by atoms with Crippen LogP contribution in [0.4, 0.5) is 0 Å². The number of ether oxygens (including phenoxy) is 1. The van der Waals surface area contributed by atoms with E-state index in [1.165, 1.54) is 0 Å². The van der Waals surface area contributed by atoms with Crippen LogP contribution in [0.15, 0.2) is 34.9 Å². The Balaban J connectivity index is 2.27. The van der Waals surface area contributed by atoms with Crippen molar-refractivity contribution in [3.63, 3.8) is 0 Å². The third kappa shape index (κ3) is 2.99. The molecule has 0 radical (unpaired) electrons. The van der Waals surface area contributed by atoms with Gasteiger partial charge in [-0.1, -0.05) is 27.5 Å². The average Bonchev–Trinajstić information content (AvgIpc) is 2.29. The van der Waals surface area contributed by atoms with E-state index in [2.05, 4.69) is 20.9 Å². The highest BCUT2D eigenvalue weighted by molar-refractivity contribution is 9.10. The van der Waals surface area contributed by atoms with Crippen molar-refractivity contribution in [1.29, 1.82) is 0 Å². The maximum Gasteiger partial charge on any atom is 0.219 e. The quantitative estimate of drug-likeness (QED) is 0.786. The molecule has 0 saturated carbocycles. The fraction of sp³-hybridized carbons (Fsp3) is 0.154. The van der Waals surface area contributed by atoms with Gasteiger partial charge in [-0.3, -0.25) is 0 Å². The largest absolute Gasteiger partial charge is 0.439 e. The van der Waals surface area contributed by atoms with E-state index in [4.69, 9.17) is 16.3 Å². The van der Waals surface area contributed by atoms with Crippen LogP contribution < -0.4 is 4.74 Å². The molecule has 0 spiro atoms. The van der Waals surface area contributed by atoms with Crippen LogP contribution in [-0.2, 0) is 0 Å². The van der Waals surface area contributed by atoms with E-state index < -0.39 is 0 Å². The van der Waals surface area contributed by atoms with Crippen LogP contribution in [0.2, 0.25) is 5.02 Å². The smallest absolute Gasteiger partial charge is 0.219 e. The van der Waals surface area contributed by atoms with Crippen molar-refractivity contribution in [2.24, 2.45) is 0 Å². The lowest BCUT2D eigenvalue weighted by Gasteiger charge is -2.09. The van der Waals surface area contributed by atoms with Gasteiger partial charge in [0.1, 0.15) is 5.75 Å². The van der Waals surface area contributed by atoms with Gasteiger partial charge in [-0.05, 0) is 43.2 Å². The molecule has 0 atom stereocenters. The van der Waals surface area contributed by atoms with Gasteiger partial charge in [0.25, 0.3) is 0 Å². The van der Waals surface area contributed by atoms with Gasteiger partial charge < -0.3 is 4.74 Å². The van der Waals surface area contributed by atoms with Crippen molar-refractivity contribution in [3.05, 3.63) is 51.1 Å². The summed E-state index contributed by atoms with van der Waals surface area (Å²) in [4.78, 5) is 4.09. The van der Waals surface area contributed by atoms with Gasteiger partial charge in [0.2, 0.25) is 5.88 Å². The molecule has 0 saturated heterocycles. The van der Waals surface area contributed by atoms with Crippen LogP contribution in [0, 0.1) is 13.8 Å². The molecule has 1 aromatic heterocycles. The number of pyridine rings is 1. The third-order valence-electron chi connectivity index (χ3n) is 2.33. The topological polar surface area (TPSA) is 22.1 Å². The van der Waals surface area contributed by atoms with Crippen LogP contribution >= 0.6 is 27.5 Å². The van der Waals surface area contributed by atoms with Gasteiger partial charge in [-0.25, -0.2) is 4.98 Å². The molecule has 0 aliphatic heterocycles. The SMILES string of the molecule is Cc1cc(Oc2ccc(Cl)cn2)cc(C)c1Br. The van der Waals surface area contributed by atoms with E-state index >= 15 is 0 Å². The molecule has 88 valence electrons. The van der Waals surface area contributed by atoms with E-state index in [1.807, 2.05) is 26.0 Å². The number of hydrogen-bond donors (Lipinski definition) is 0. The van der Waals surface area contributed by atoms with Gasteiger partial charge in [-0.15, -0.1) is 0 Å². The number of rotatable bonds is 2. The first-order valence-electron chi connectivity index (χ1n) is 5.12. The highest BCUT2D eigenvalue weighted by atomic mass is 79.9. The summed E-state index contributed by atoms with van der Waals surface area (Å²) in [6.07, 6.45) is 1.56. The summed E-state index contributed by atoms with van der Waals surface area (Å²) in [5.74, 6) is 1.31. The molecule has 1 aromatic carbocycles. The summed E-state index contributed by atoms with van der Waals surface area (Å²) in [6.45, 7) is 4.05. The molecule has 1 heterocycles. The van der Waals surface area contributed by atoms with Crippen molar-refractivity contribution >= 4 is 27.5 Å². The van der Waals surface area contributed by atoms with Gasteiger partial charge in [-0.2, -0.15) is 0 Å². The maximum atomic E-state index is 5.76. The van der Waals surface area contributed by atoms with Crippen molar-refractivity contribution in [2.75, 3.05) is 0 Å². The molecule has 2 nitrogen and oxygen atoms in total. The minimum atomic E-state index is 0.538. The summed E-state index contributed by atoms with van der Waals surface area (Å²) >= 11 is 9.28. The second-order valence-electron chi connectivity index (χ2n) is 3.79. The second-order valence-corrected chi connectivity index (χ2v) is 5.02. The molecule has 0 amide bonds. The summed E-state index contributed by atoms with van der Waals surface area (Å²) in [7, 11) is 0. The molecule has 0 fully saturated rings. The van der Waals surface area contributed by atoms with Crippen LogP contribution in [0.1, 0.15) is 11.1 Å². The third-order valence-corrected chi connectivity index (χ3v) is 3.81. The molecule has 0 bridgehead atoms. The van der Waals surface area contributed by atoms with Gasteiger partial charge in [0, 0.05) is 16.7 Å². The predicted octanol–water partition coefficient (Wildman–Crippen LogP) is 4.91.